The summed E-state index contributed by atoms with van der Waals surface area (Å²) in [5.74, 6) is 0.616. The van der Waals surface area contributed by atoms with E-state index in [0.29, 0.717) is 36.1 Å². The Morgan fingerprint density at radius 1 is 1.50 bits per heavy atom. The van der Waals surface area contributed by atoms with Gasteiger partial charge in [0.2, 0.25) is 0 Å². The largest absolute Gasteiger partial charge is 0.492 e. The lowest BCUT2D eigenvalue weighted by atomic mass is 10.2. The van der Waals surface area contributed by atoms with Crippen LogP contribution in [0.25, 0.3) is 0 Å². The maximum absolute atomic E-state index is 11.1. The van der Waals surface area contributed by atoms with E-state index in [1.165, 1.54) is 12.1 Å². The van der Waals surface area contributed by atoms with Gasteiger partial charge in [-0.25, -0.2) is 0 Å². The number of carbonyl (C=O) groups excluding carboxylic acids is 1. The third-order valence-corrected chi connectivity index (χ3v) is 3.03. The fourth-order valence-corrected chi connectivity index (χ4v) is 1.71. The number of ketones is 1. The summed E-state index contributed by atoms with van der Waals surface area (Å²) in [5, 5.41) is 10.6. The molecule has 18 heavy (non-hydrogen) atoms. The van der Waals surface area contributed by atoms with Crippen LogP contribution in [0.3, 0.4) is 0 Å². The monoisotopic (exact) mass is 315 g/mol. The highest BCUT2D eigenvalue weighted by molar-refractivity contribution is 9.10. The van der Waals surface area contributed by atoms with Crippen LogP contribution in [0.2, 0.25) is 0 Å². The quantitative estimate of drug-likeness (QED) is 0.438. The molecule has 0 N–H and O–H groups in total. The molecule has 0 saturated heterocycles. The number of nitrogens with zero attached hydrogens (tertiary/aromatic N) is 1. The zero-order valence-electron chi connectivity index (χ0n) is 10.0. The van der Waals surface area contributed by atoms with Crippen molar-refractivity contribution in [2.45, 2.75) is 26.2 Å². The molecule has 0 fully saturated rings. The van der Waals surface area contributed by atoms with Crippen molar-refractivity contribution in [2.24, 2.45) is 0 Å². The molecule has 0 unspecified atom stereocenters. The van der Waals surface area contributed by atoms with E-state index in [1.54, 1.807) is 6.07 Å². The van der Waals surface area contributed by atoms with E-state index in [1.807, 2.05) is 6.92 Å². The summed E-state index contributed by atoms with van der Waals surface area (Å²) in [6.07, 6.45) is 1.62. The second-order valence-corrected chi connectivity index (χ2v) is 4.57. The topological polar surface area (TPSA) is 69.4 Å². The molecule has 0 atom stereocenters. The second kappa shape index (κ2) is 7.10. The molecule has 0 amide bonds. The number of hydrogen-bond acceptors (Lipinski definition) is 4. The first kappa shape index (κ1) is 14.6. The van der Waals surface area contributed by atoms with Gasteiger partial charge in [-0.05, 0) is 28.4 Å². The number of non-ortho nitro benzene ring substituents is 1. The van der Waals surface area contributed by atoms with Gasteiger partial charge in [-0.15, -0.1) is 0 Å². The summed E-state index contributed by atoms with van der Waals surface area (Å²) in [4.78, 5) is 21.2. The molecule has 0 aliphatic heterocycles. The fraction of sp³-hybridized carbons (Fsp3) is 0.417. The normalized spacial score (nSPS) is 10.1. The van der Waals surface area contributed by atoms with Gasteiger partial charge in [0, 0.05) is 18.9 Å². The van der Waals surface area contributed by atoms with Gasteiger partial charge in [-0.2, -0.15) is 0 Å². The molecule has 0 aliphatic carbocycles. The minimum atomic E-state index is -0.472. The van der Waals surface area contributed by atoms with Crippen LogP contribution in [0, 0.1) is 10.1 Å². The molecule has 98 valence electrons. The number of halogens is 1. The molecule has 1 rings (SSSR count). The number of hydrogen-bond donors (Lipinski definition) is 0. The van der Waals surface area contributed by atoms with Crippen LogP contribution in [-0.4, -0.2) is 17.3 Å². The average Bonchev–Trinajstić information content (AvgIpc) is 2.35. The van der Waals surface area contributed by atoms with Crippen LogP contribution < -0.4 is 4.74 Å². The van der Waals surface area contributed by atoms with Gasteiger partial charge in [0.1, 0.15) is 11.5 Å². The van der Waals surface area contributed by atoms with E-state index in [2.05, 4.69) is 15.9 Å². The molecule has 0 spiro atoms. The zero-order valence-corrected chi connectivity index (χ0v) is 11.6. The molecule has 1 aromatic carbocycles. The lowest BCUT2D eigenvalue weighted by Crippen LogP contribution is -2.02. The van der Waals surface area contributed by atoms with Crippen molar-refractivity contribution in [1.29, 1.82) is 0 Å². The van der Waals surface area contributed by atoms with Crippen molar-refractivity contribution >= 4 is 27.4 Å². The van der Waals surface area contributed by atoms with E-state index in [4.69, 9.17) is 4.74 Å². The number of carbonyl (C=O) groups is 1. The van der Waals surface area contributed by atoms with Gasteiger partial charge in [0.25, 0.3) is 5.69 Å². The summed E-state index contributed by atoms with van der Waals surface area (Å²) in [6, 6.07) is 4.34. The smallest absolute Gasteiger partial charge is 0.273 e. The highest BCUT2D eigenvalue weighted by atomic mass is 79.9. The Hall–Kier alpha value is -1.43. The molecule has 0 radical (unpaired) electrons. The van der Waals surface area contributed by atoms with Crippen LogP contribution in [0.5, 0.6) is 5.75 Å². The molecule has 5 nitrogen and oxygen atoms in total. The first-order chi connectivity index (χ1) is 8.54. The summed E-state index contributed by atoms with van der Waals surface area (Å²) in [7, 11) is 0. The van der Waals surface area contributed by atoms with E-state index in [9.17, 15) is 14.9 Å². The third-order valence-electron chi connectivity index (χ3n) is 2.38. The average molecular weight is 316 g/mol. The number of nitro benzene ring substituents is 1. The van der Waals surface area contributed by atoms with Gasteiger partial charge in [0.05, 0.1) is 22.1 Å². The molecule has 0 heterocycles. The van der Waals surface area contributed by atoms with Gasteiger partial charge in [0.15, 0.2) is 0 Å². The third kappa shape index (κ3) is 4.44. The highest BCUT2D eigenvalue weighted by Gasteiger charge is 2.10. The Labute approximate surface area is 113 Å². The van der Waals surface area contributed by atoms with E-state index < -0.39 is 4.92 Å². The van der Waals surface area contributed by atoms with Crippen LogP contribution in [0.1, 0.15) is 26.2 Å². The summed E-state index contributed by atoms with van der Waals surface area (Å²) >= 11 is 3.26. The maximum Gasteiger partial charge on any atom is 0.273 e. The second-order valence-electron chi connectivity index (χ2n) is 3.72. The zero-order chi connectivity index (χ0) is 13.5. The number of Topliss-reactive ketones (excluding diaryl/α,β-unsaturated/α-hetero) is 1. The van der Waals surface area contributed by atoms with Crippen molar-refractivity contribution in [3.8, 4) is 5.75 Å². The Kier molecular flexibility index (Phi) is 5.77. The highest BCUT2D eigenvalue weighted by Crippen LogP contribution is 2.29. The van der Waals surface area contributed by atoms with Crippen LogP contribution >= 0.6 is 15.9 Å². The molecule has 0 bridgehead atoms. The van der Waals surface area contributed by atoms with Crippen LogP contribution in [-0.2, 0) is 4.79 Å². The number of rotatable bonds is 7. The Morgan fingerprint density at radius 2 is 2.22 bits per heavy atom. The molecule has 1 aromatic rings. The molecular weight excluding hydrogens is 302 g/mol. The summed E-state index contributed by atoms with van der Waals surface area (Å²) in [5.41, 5.74) is -0.0159. The SMILES string of the molecule is CCC(=O)CCCOc1cc([N+](=O)[O-])ccc1Br. The van der Waals surface area contributed by atoms with Crippen LogP contribution in [0.4, 0.5) is 5.69 Å². The van der Waals surface area contributed by atoms with Gasteiger partial charge < -0.3 is 4.74 Å². The number of nitro groups is 1. The van der Waals surface area contributed by atoms with Crippen molar-refractivity contribution in [2.75, 3.05) is 6.61 Å². The standard InChI is InChI=1S/C12H14BrNO4/c1-2-10(15)4-3-7-18-12-8-9(14(16)17)5-6-11(12)13/h5-6,8H,2-4,7H2,1H3. The van der Waals surface area contributed by atoms with E-state index in [-0.39, 0.29) is 11.5 Å². The Balaban J connectivity index is 2.53. The van der Waals surface area contributed by atoms with Gasteiger partial charge in [-0.3, -0.25) is 14.9 Å². The Morgan fingerprint density at radius 3 is 2.83 bits per heavy atom. The van der Waals surface area contributed by atoms with Gasteiger partial charge >= 0.3 is 0 Å². The minimum Gasteiger partial charge on any atom is -0.492 e. The lowest BCUT2D eigenvalue weighted by Gasteiger charge is -2.07. The molecular formula is C12H14BrNO4. The van der Waals surface area contributed by atoms with Crippen molar-refractivity contribution in [3.63, 3.8) is 0 Å². The van der Waals surface area contributed by atoms with Crippen molar-refractivity contribution in [1.82, 2.24) is 0 Å². The maximum atomic E-state index is 11.1. The Bertz CT molecular complexity index is 448. The lowest BCUT2D eigenvalue weighted by molar-refractivity contribution is -0.385. The summed E-state index contributed by atoms with van der Waals surface area (Å²) < 4.78 is 6.08. The number of ether oxygens (including phenoxy) is 1. The van der Waals surface area contributed by atoms with Crippen LogP contribution in [0.15, 0.2) is 22.7 Å². The molecule has 0 aromatic heterocycles. The minimum absolute atomic E-state index is 0.0159. The predicted octanol–water partition coefficient (Wildman–Crippen LogP) is 3.50. The van der Waals surface area contributed by atoms with Crippen molar-refractivity contribution < 1.29 is 14.5 Å². The van der Waals surface area contributed by atoms with Crippen molar-refractivity contribution in [3.05, 3.63) is 32.8 Å². The fourth-order valence-electron chi connectivity index (χ4n) is 1.34. The number of benzene rings is 1. The first-order valence-electron chi connectivity index (χ1n) is 5.63. The molecule has 6 heteroatoms. The first-order valence-corrected chi connectivity index (χ1v) is 6.42. The predicted molar refractivity (Wildman–Crippen MR) is 70.8 cm³/mol. The van der Waals surface area contributed by atoms with Gasteiger partial charge in [-0.1, -0.05) is 6.92 Å². The van der Waals surface area contributed by atoms with E-state index >= 15 is 0 Å². The molecule has 0 aliphatic rings. The van der Waals surface area contributed by atoms with E-state index in [0.717, 1.165) is 0 Å². The molecule has 0 saturated carbocycles. The summed E-state index contributed by atoms with van der Waals surface area (Å²) in [6.45, 7) is 2.19.